The maximum Gasteiger partial charge on any atom is 0.218 e. The van der Waals surface area contributed by atoms with Crippen LogP contribution in [0.2, 0.25) is 5.02 Å². The third kappa shape index (κ3) is 2.09. The van der Waals surface area contributed by atoms with Crippen LogP contribution >= 0.6 is 11.6 Å². The van der Waals surface area contributed by atoms with Crippen LogP contribution in [-0.4, -0.2) is 22.8 Å². The first-order valence-corrected chi connectivity index (χ1v) is 6.92. The van der Waals surface area contributed by atoms with E-state index in [0.717, 1.165) is 5.75 Å². The number of imidazole rings is 1. The van der Waals surface area contributed by atoms with Crippen LogP contribution in [0.3, 0.4) is 0 Å². The first-order chi connectivity index (χ1) is 9.53. The predicted octanol–water partition coefficient (Wildman–Crippen LogP) is 3.32. The van der Waals surface area contributed by atoms with Gasteiger partial charge in [0.25, 0.3) is 0 Å². The largest absolute Gasteiger partial charge is 0.464 e. The fourth-order valence-corrected chi connectivity index (χ4v) is 2.69. The Hall–Kier alpha value is -1.52. The van der Waals surface area contributed by atoms with Crippen LogP contribution in [0.15, 0.2) is 43.0 Å². The molecule has 5 heteroatoms. The van der Waals surface area contributed by atoms with Crippen LogP contribution in [-0.2, 0) is 10.5 Å². The first kappa shape index (κ1) is 13.5. The Morgan fingerprint density at radius 1 is 1.25 bits per heavy atom. The third-order valence-electron chi connectivity index (χ3n) is 3.84. The highest BCUT2D eigenvalue weighted by Crippen LogP contribution is 2.44. The number of aromatic nitrogens is 2. The topological polar surface area (TPSA) is 36.3 Å². The number of benzene rings is 1. The van der Waals surface area contributed by atoms with Crippen LogP contribution < -0.4 is 4.74 Å². The minimum Gasteiger partial charge on any atom is -0.464 e. The van der Waals surface area contributed by atoms with E-state index in [1.165, 1.54) is 0 Å². The Kier molecular flexibility index (Phi) is 3.22. The molecule has 0 N–H and O–H groups in total. The van der Waals surface area contributed by atoms with Crippen molar-refractivity contribution < 1.29 is 9.47 Å². The van der Waals surface area contributed by atoms with Crippen LogP contribution in [0, 0.1) is 5.41 Å². The van der Waals surface area contributed by atoms with Crippen molar-refractivity contribution >= 4 is 11.6 Å². The molecule has 1 atom stereocenters. The number of rotatable bonds is 3. The maximum atomic E-state index is 6.32. The molecule has 2 aromatic rings. The zero-order valence-corrected chi connectivity index (χ0v) is 12.3. The Labute approximate surface area is 123 Å². The smallest absolute Gasteiger partial charge is 0.218 e. The highest BCUT2D eigenvalue weighted by atomic mass is 35.5. The molecule has 1 fully saturated rings. The van der Waals surface area contributed by atoms with E-state index in [0.29, 0.717) is 18.2 Å². The number of hydrogen-bond donors (Lipinski definition) is 0. The minimum atomic E-state index is -0.600. The maximum absolute atomic E-state index is 6.32. The molecule has 1 aliphatic heterocycles. The van der Waals surface area contributed by atoms with Crippen LogP contribution in [0.5, 0.6) is 5.75 Å². The van der Waals surface area contributed by atoms with Gasteiger partial charge in [0, 0.05) is 17.4 Å². The number of hydrogen-bond acceptors (Lipinski definition) is 3. The number of nitrogens with zero attached hydrogens (tertiary/aromatic N) is 2. The standard InChI is InChI=1S/C15H17ClN2O2/c1-14(2)9-19-10-15(14,18-8-7-17-11-18)20-13-5-3-12(16)4-6-13/h3-8,11H,9-10H2,1-2H3. The molecule has 0 bridgehead atoms. The molecule has 1 aromatic carbocycles. The van der Waals surface area contributed by atoms with E-state index >= 15 is 0 Å². The lowest BCUT2D eigenvalue weighted by Gasteiger charge is -2.40. The fraction of sp³-hybridized carbons (Fsp3) is 0.400. The molecule has 0 amide bonds. The van der Waals surface area contributed by atoms with Crippen LogP contribution in [0.25, 0.3) is 0 Å². The van der Waals surface area contributed by atoms with E-state index in [2.05, 4.69) is 18.8 Å². The van der Waals surface area contributed by atoms with Crippen molar-refractivity contribution in [2.24, 2.45) is 5.41 Å². The van der Waals surface area contributed by atoms with Gasteiger partial charge in [0.05, 0.1) is 18.3 Å². The molecule has 0 spiro atoms. The SMILES string of the molecule is CC1(C)COCC1(Oc1ccc(Cl)cc1)n1ccnc1. The average Bonchev–Trinajstić information content (AvgIpc) is 3.02. The number of ether oxygens (including phenoxy) is 2. The average molecular weight is 293 g/mol. The highest BCUT2D eigenvalue weighted by Gasteiger charge is 2.54. The molecule has 20 heavy (non-hydrogen) atoms. The molecule has 1 unspecified atom stereocenters. The van der Waals surface area contributed by atoms with Gasteiger partial charge in [-0.1, -0.05) is 25.4 Å². The van der Waals surface area contributed by atoms with E-state index in [-0.39, 0.29) is 5.41 Å². The molecule has 1 aliphatic rings. The zero-order valence-electron chi connectivity index (χ0n) is 11.5. The normalized spacial score (nSPS) is 24.8. The van der Waals surface area contributed by atoms with E-state index in [9.17, 15) is 0 Å². The molecule has 1 saturated heterocycles. The lowest BCUT2D eigenvalue weighted by molar-refractivity contribution is -0.0794. The summed E-state index contributed by atoms with van der Waals surface area (Å²) in [6.45, 7) is 5.39. The molecule has 3 rings (SSSR count). The van der Waals surface area contributed by atoms with Gasteiger partial charge in [-0.05, 0) is 24.3 Å². The lowest BCUT2D eigenvalue weighted by Crippen LogP contribution is -2.50. The Morgan fingerprint density at radius 2 is 2.00 bits per heavy atom. The predicted molar refractivity (Wildman–Crippen MR) is 76.9 cm³/mol. The summed E-state index contributed by atoms with van der Waals surface area (Å²) >= 11 is 5.92. The summed E-state index contributed by atoms with van der Waals surface area (Å²) in [5.74, 6) is 0.765. The quantitative estimate of drug-likeness (QED) is 0.871. The van der Waals surface area contributed by atoms with Gasteiger partial charge >= 0.3 is 0 Å². The summed E-state index contributed by atoms with van der Waals surface area (Å²) in [7, 11) is 0. The second-order valence-electron chi connectivity index (χ2n) is 5.69. The highest BCUT2D eigenvalue weighted by molar-refractivity contribution is 6.30. The second-order valence-corrected chi connectivity index (χ2v) is 6.12. The number of halogens is 1. The molecule has 2 heterocycles. The van der Waals surface area contributed by atoms with Crippen LogP contribution in [0.4, 0.5) is 0 Å². The monoisotopic (exact) mass is 292 g/mol. The van der Waals surface area contributed by atoms with Gasteiger partial charge in [0.2, 0.25) is 5.72 Å². The summed E-state index contributed by atoms with van der Waals surface area (Å²) in [4.78, 5) is 4.14. The summed E-state index contributed by atoms with van der Waals surface area (Å²) in [6.07, 6.45) is 5.43. The zero-order chi connectivity index (χ0) is 14.2. The van der Waals surface area contributed by atoms with E-state index in [1.54, 1.807) is 12.5 Å². The van der Waals surface area contributed by atoms with Crippen molar-refractivity contribution in [3.05, 3.63) is 48.0 Å². The molecular weight excluding hydrogens is 276 g/mol. The van der Waals surface area contributed by atoms with E-state index < -0.39 is 5.72 Å². The van der Waals surface area contributed by atoms with Crippen molar-refractivity contribution in [2.75, 3.05) is 13.2 Å². The van der Waals surface area contributed by atoms with Gasteiger partial charge in [-0.3, -0.25) is 4.57 Å². The van der Waals surface area contributed by atoms with Gasteiger partial charge in [0.1, 0.15) is 12.4 Å². The van der Waals surface area contributed by atoms with Crippen molar-refractivity contribution in [2.45, 2.75) is 19.6 Å². The second kappa shape index (κ2) is 4.79. The molecule has 0 saturated carbocycles. The summed E-state index contributed by atoms with van der Waals surface area (Å²) in [6, 6.07) is 7.38. The molecule has 0 radical (unpaired) electrons. The van der Waals surface area contributed by atoms with Gasteiger partial charge in [-0.25, -0.2) is 4.98 Å². The van der Waals surface area contributed by atoms with Gasteiger partial charge in [-0.2, -0.15) is 0 Å². The lowest BCUT2D eigenvalue weighted by atomic mass is 9.83. The molecule has 4 nitrogen and oxygen atoms in total. The molecule has 0 aliphatic carbocycles. The van der Waals surface area contributed by atoms with Gasteiger partial charge < -0.3 is 9.47 Å². The van der Waals surface area contributed by atoms with Gasteiger partial charge in [0.15, 0.2) is 0 Å². The fourth-order valence-electron chi connectivity index (χ4n) is 2.57. The molecule has 106 valence electrons. The Balaban J connectivity index is 2.01. The Morgan fingerprint density at radius 3 is 2.55 bits per heavy atom. The third-order valence-corrected chi connectivity index (χ3v) is 4.09. The Bertz CT molecular complexity index is 580. The summed E-state index contributed by atoms with van der Waals surface area (Å²) in [5, 5.41) is 0.691. The first-order valence-electron chi connectivity index (χ1n) is 6.54. The van der Waals surface area contributed by atoms with Crippen molar-refractivity contribution in [1.29, 1.82) is 0 Å². The van der Waals surface area contributed by atoms with Crippen LogP contribution in [0.1, 0.15) is 13.8 Å². The van der Waals surface area contributed by atoms with Crippen molar-refractivity contribution in [3.63, 3.8) is 0 Å². The van der Waals surface area contributed by atoms with E-state index in [4.69, 9.17) is 21.1 Å². The molecule has 1 aromatic heterocycles. The summed E-state index contributed by atoms with van der Waals surface area (Å²) in [5.41, 5.74) is -0.773. The summed E-state index contributed by atoms with van der Waals surface area (Å²) < 4.78 is 14.0. The van der Waals surface area contributed by atoms with Crippen molar-refractivity contribution in [3.8, 4) is 5.75 Å². The van der Waals surface area contributed by atoms with Gasteiger partial charge in [-0.15, -0.1) is 0 Å². The minimum absolute atomic E-state index is 0.173. The van der Waals surface area contributed by atoms with Crippen molar-refractivity contribution in [1.82, 2.24) is 9.55 Å². The van der Waals surface area contributed by atoms with E-state index in [1.807, 2.05) is 35.0 Å². The molecular formula is C15H17ClN2O2.